The van der Waals surface area contributed by atoms with Gasteiger partial charge in [0.15, 0.2) is 11.9 Å². The number of nitro benzene ring substituents is 1. The molecule has 21 heavy (non-hydrogen) atoms. The molecule has 1 atom stereocenters. The van der Waals surface area contributed by atoms with Gasteiger partial charge in [0.2, 0.25) is 0 Å². The minimum atomic E-state index is -0.888. The minimum absolute atomic E-state index is 0.0217. The van der Waals surface area contributed by atoms with Crippen molar-refractivity contribution in [3.05, 3.63) is 33.9 Å². The monoisotopic (exact) mass is 298 g/mol. The van der Waals surface area contributed by atoms with E-state index in [-0.39, 0.29) is 18.0 Å². The molecule has 0 radical (unpaired) electrons. The number of aliphatic hydroxyl groups excluding tert-OH is 1. The van der Waals surface area contributed by atoms with E-state index in [4.69, 9.17) is 14.6 Å². The van der Waals surface area contributed by atoms with E-state index in [9.17, 15) is 14.9 Å². The molecular weight excluding hydrogens is 280 g/mol. The summed E-state index contributed by atoms with van der Waals surface area (Å²) in [5, 5.41) is 22.5. The second-order valence-corrected chi connectivity index (χ2v) is 4.26. The first-order valence-electron chi connectivity index (χ1n) is 6.31. The first kappa shape index (κ1) is 16.9. The molecule has 1 amide bonds. The van der Waals surface area contributed by atoms with Gasteiger partial charge in [-0.25, -0.2) is 0 Å². The molecule has 0 saturated carbocycles. The fourth-order valence-electron chi connectivity index (χ4n) is 1.57. The molecule has 1 aromatic rings. The van der Waals surface area contributed by atoms with Crippen molar-refractivity contribution in [3.8, 4) is 5.75 Å². The Labute approximate surface area is 121 Å². The number of nitrogens with one attached hydrogen (secondary N) is 1. The number of carbonyl (C=O) groups excluding carboxylic acids is 1. The maximum atomic E-state index is 11.7. The van der Waals surface area contributed by atoms with Crippen LogP contribution in [0.4, 0.5) is 5.69 Å². The van der Waals surface area contributed by atoms with Gasteiger partial charge in [-0.05, 0) is 18.6 Å². The summed E-state index contributed by atoms with van der Waals surface area (Å²) in [5.41, 5.74) is 0.101. The van der Waals surface area contributed by atoms with Gasteiger partial charge in [-0.1, -0.05) is 6.07 Å². The van der Waals surface area contributed by atoms with E-state index in [1.54, 1.807) is 0 Å². The lowest BCUT2D eigenvalue weighted by Gasteiger charge is -2.14. The van der Waals surface area contributed by atoms with Crippen molar-refractivity contribution in [1.29, 1.82) is 0 Å². The second kappa shape index (κ2) is 8.18. The zero-order valence-corrected chi connectivity index (χ0v) is 11.9. The van der Waals surface area contributed by atoms with Crippen LogP contribution in [0.2, 0.25) is 0 Å². The standard InChI is InChI=1S/C13H18N2O6/c1-9(13(17)14-5-6-20-2)21-12-4-3-10(8-16)7-11(12)15(18)19/h3-4,7,9,16H,5-6,8H2,1-2H3,(H,14,17). The quantitative estimate of drug-likeness (QED) is 0.413. The number of ether oxygens (including phenoxy) is 2. The first-order valence-corrected chi connectivity index (χ1v) is 6.31. The molecule has 0 spiro atoms. The number of hydrogen-bond acceptors (Lipinski definition) is 6. The number of amides is 1. The lowest BCUT2D eigenvalue weighted by molar-refractivity contribution is -0.386. The zero-order valence-electron chi connectivity index (χ0n) is 11.9. The van der Waals surface area contributed by atoms with Crippen LogP contribution in [0.1, 0.15) is 12.5 Å². The van der Waals surface area contributed by atoms with Gasteiger partial charge in [-0.2, -0.15) is 0 Å². The Hall–Kier alpha value is -2.19. The van der Waals surface area contributed by atoms with Crippen LogP contribution in [0, 0.1) is 10.1 Å². The van der Waals surface area contributed by atoms with E-state index >= 15 is 0 Å². The smallest absolute Gasteiger partial charge is 0.311 e. The van der Waals surface area contributed by atoms with Gasteiger partial charge in [0.25, 0.3) is 5.91 Å². The third kappa shape index (κ3) is 5.01. The molecule has 0 bridgehead atoms. The lowest BCUT2D eigenvalue weighted by Crippen LogP contribution is -2.38. The number of nitrogens with zero attached hydrogens (tertiary/aromatic N) is 1. The van der Waals surface area contributed by atoms with E-state index in [1.807, 2.05) is 0 Å². The molecule has 1 aromatic carbocycles. The van der Waals surface area contributed by atoms with Crippen LogP contribution in [0.15, 0.2) is 18.2 Å². The van der Waals surface area contributed by atoms with E-state index in [1.165, 1.54) is 32.2 Å². The summed E-state index contributed by atoms with van der Waals surface area (Å²) in [7, 11) is 1.51. The topological polar surface area (TPSA) is 111 Å². The van der Waals surface area contributed by atoms with Crippen molar-refractivity contribution in [2.75, 3.05) is 20.3 Å². The number of hydrogen-bond donors (Lipinski definition) is 2. The predicted molar refractivity (Wildman–Crippen MR) is 74.0 cm³/mol. The maximum absolute atomic E-state index is 11.7. The number of methoxy groups -OCH3 is 1. The summed E-state index contributed by atoms with van der Waals surface area (Å²) in [6.45, 7) is 1.87. The molecule has 0 aromatic heterocycles. The number of rotatable bonds is 8. The van der Waals surface area contributed by atoms with Gasteiger partial charge in [0.1, 0.15) is 0 Å². The van der Waals surface area contributed by atoms with Crippen molar-refractivity contribution in [2.45, 2.75) is 19.6 Å². The van der Waals surface area contributed by atoms with Crippen LogP contribution < -0.4 is 10.1 Å². The van der Waals surface area contributed by atoms with Crippen LogP contribution in [-0.4, -0.2) is 42.3 Å². The molecule has 0 heterocycles. The minimum Gasteiger partial charge on any atom is -0.474 e. The van der Waals surface area contributed by atoms with Gasteiger partial charge in [0.05, 0.1) is 18.1 Å². The van der Waals surface area contributed by atoms with Crippen molar-refractivity contribution < 1.29 is 24.3 Å². The normalized spacial score (nSPS) is 11.8. The summed E-state index contributed by atoms with van der Waals surface area (Å²) >= 11 is 0. The van der Waals surface area contributed by atoms with Gasteiger partial charge in [-0.3, -0.25) is 14.9 Å². The van der Waals surface area contributed by atoms with E-state index in [0.717, 1.165) is 0 Å². The molecule has 8 heteroatoms. The Bertz CT molecular complexity index is 505. The fraction of sp³-hybridized carbons (Fsp3) is 0.462. The lowest BCUT2D eigenvalue weighted by atomic mass is 10.2. The van der Waals surface area contributed by atoms with Gasteiger partial charge in [0, 0.05) is 19.7 Å². The number of aliphatic hydroxyl groups is 1. The Morgan fingerprint density at radius 2 is 2.24 bits per heavy atom. The third-order valence-electron chi connectivity index (χ3n) is 2.68. The van der Waals surface area contributed by atoms with Crippen LogP contribution in [-0.2, 0) is 16.1 Å². The molecule has 116 valence electrons. The Balaban J connectivity index is 2.77. The van der Waals surface area contributed by atoms with E-state index in [0.29, 0.717) is 18.7 Å². The van der Waals surface area contributed by atoms with Crippen LogP contribution in [0.25, 0.3) is 0 Å². The van der Waals surface area contributed by atoms with Crippen LogP contribution in [0.5, 0.6) is 5.75 Å². The highest BCUT2D eigenvalue weighted by molar-refractivity contribution is 5.80. The van der Waals surface area contributed by atoms with Gasteiger partial charge < -0.3 is 19.9 Å². The molecular formula is C13H18N2O6. The molecule has 1 unspecified atom stereocenters. The first-order chi connectivity index (χ1) is 9.99. The summed E-state index contributed by atoms with van der Waals surface area (Å²) in [6, 6.07) is 4.07. The summed E-state index contributed by atoms with van der Waals surface area (Å²) in [4.78, 5) is 22.1. The third-order valence-corrected chi connectivity index (χ3v) is 2.68. The van der Waals surface area contributed by atoms with Crippen molar-refractivity contribution in [3.63, 3.8) is 0 Å². The molecule has 0 aliphatic heterocycles. The SMILES string of the molecule is COCCNC(=O)C(C)Oc1ccc(CO)cc1[N+](=O)[O-]. The molecule has 0 fully saturated rings. The fourth-order valence-corrected chi connectivity index (χ4v) is 1.57. The summed E-state index contributed by atoms with van der Waals surface area (Å²) in [5.74, 6) is -0.417. The maximum Gasteiger partial charge on any atom is 0.311 e. The zero-order chi connectivity index (χ0) is 15.8. The van der Waals surface area contributed by atoms with Crippen molar-refractivity contribution in [2.24, 2.45) is 0 Å². The summed E-state index contributed by atoms with van der Waals surface area (Å²) < 4.78 is 10.1. The van der Waals surface area contributed by atoms with Gasteiger partial charge in [-0.15, -0.1) is 0 Å². The molecule has 8 nitrogen and oxygen atoms in total. The van der Waals surface area contributed by atoms with Gasteiger partial charge >= 0.3 is 5.69 Å². The van der Waals surface area contributed by atoms with E-state index < -0.39 is 16.9 Å². The molecule has 0 aliphatic rings. The number of benzene rings is 1. The average molecular weight is 298 g/mol. The molecule has 1 rings (SSSR count). The largest absolute Gasteiger partial charge is 0.474 e. The molecule has 0 aliphatic carbocycles. The molecule has 2 N–H and O–H groups in total. The van der Waals surface area contributed by atoms with Crippen LogP contribution >= 0.6 is 0 Å². The van der Waals surface area contributed by atoms with Crippen molar-refractivity contribution in [1.82, 2.24) is 5.32 Å². The Morgan fingerprint density at radius 1 is 1.52 bits per heavy atom. The van der Waals surface area contributed by atoms with E-state index in [2.05, 4.69) is 5.32 Å². The Kier molecular flexibility index (Phi) is 6.57. The predicted octanol–water partition coefficient (Wildman–Crippen LogP) is 0.617. The van der Waals surface area contributed by atoms with Crippen molar-refractivity contribution >= 4 is 11.6 Å². The number of nitro groups is 1. The highest BCUT2D eigenvalue weighted by atomic mass is 16.6. The molecule has 0 saturated heterocycles. The average Bonchev–Trinajstić information content (AvgIpc) is 2.47. The highest BCUT2D eigenvalue weighted by Gasteiger charge is 2.21. The highest BCUT2D eigenvalue weighted by Crippen LogP contribution is 2.28. The van der Waals surface area contributed by atoms with Crippen LogP contribution in [0.3, 0.4) is 0 Å². The number of carbonyl (C=O) groups is 1. The second-order valence-electron chi connectivity index (χ2n) is 4.26. The Morgan fingerprint density at radius 3 is 2.81 bits per heavy atom. The summed E-state index contributed by atoms with van der Waals surface area (Å²) in [6.07, 6.45) is -0.888.